The molecule has 2 rings (SSSR count). The second-order valence-electron chi connectivity index (χ2n) is 4.57. The van der Waals surface area contributed by atoms with Gasteiger partial charge in [0.25, 0.3) is 5.56 Å². The van der Waals surface area contributed by atoms with Gasteiger partial charge in [0.05, 0.1) is 6.42 Å². The topological polar surface area (TPSA) is 83.0 Å². The standard InChI is InChI=1S/C14H13FN2O3/c1-7-3-9(5-10(15)4-7)13-16-8(2)11(6-12(18)19)14(20)17-13/h3-5H,6H2,1-2H3,(H,18,19)(H,16,17,20). The van der Waals surface area contributed by atoms with Crippen LogP contribution >= 0.6 is 0 Å². The van der Waals surface area contributed by atoms with Gasteiger partial charge in [-0.15, -0.1) is 0 Å². The number of carboxylic acid groups (broad SMARTS) is 1. The van der Waals surface area contributed by atoms with Gasteiger partial charge in [0.15, 0.2) is 0 Å². The zero-order valence-electron chi connectivity index (χ0n) is 11.0. The van der Waals surface area contributed by atoms with Crippen molar-refractivity contribution < 1.29 is 14.3 Å². The van der Waals surface area contributed by atoms with E-state index in [-0.39, 0.29) is 11.4 Å². The maximum absolute atomic E-state index is 13.4. The Morgan fingerprint density at radius 2 is 2.05 bits per heavy atom. The molecular formula is C14H13FN2O3. The zero-order valence-corrected chi connectivity index (χ0v) is 11.0. The van der Waals surface area contributed by atoms with Gasteiger partial charge in [-0.3, -0.25) is 9.59 Å². The number of benzene rings is 1. The number of rotatable bonds is 3. The molecule has 20 heavy (non-hydrogen) atoms. The molecule has 2 aromatic rings. The summed E-state index contributed by atoms with van der Waals surface area (Å²) >= 11 is 0. The highest BCUT2D eigenvalue weighted by atomic mass is 19.1. The fraction of sp³-hybridized carbons (Fsp3) is 0.214. The van der Waals surface area contributed by atoms with Crippen molar-refractivity contribution in [1.29, 1.82) is 0 Å². The van der Waals surface area contributed by atoms with Crippen LogP contribution in [0.4, 0.5) is 4.39 Å². The zero-order chi connectivity index (χ0) is 14.9. The van der Waals surface area contributed by atoms with Gasteiger partial charge < -0.3 is 10.1 Å². The first-order valence-electron chi connectivity index (χ1n) is 5.96. The van der Waals surface area contributed by atoms with Crippen molar-refractivity contribution in [2.75, 3.05) is 0 Å². The molecule has 0 saturated carbocycles. The summed E-state index contributed by atoms with van der Waals surface area (Å²) in [7, 11) is 0. The quantitative estimate of drug-likeness (QED) is 0.895. The fourth-order valence-corrected chi connectivity index (χ4v) is 1.98. The Labute approximate surface area is 114 Å². The highest BCUT2D eigenvalue weighted by Gasteiger charge is 2.13. The number of carbonyl (C=O) groups is 1. The number of nitrogens with zero attached hydrogens (tertiary/aromatic N) is 1. The van der Waals surface area contributed by atoms with Crippen LogP contribution in [0.2, 0.25) is 0 Å². The Kier molecular flexibility index (Phi) is 3.65. The maximum Gasteiger partial charge on any atom is 0.308 e. The van der Waals surface area contributed by atoms with Crippen LogP contribution < -0.4 is 5.56 Å². The summed E-state index contributed by atoms with van der Waals surface area (Å²) in [6.07, 6.45) is -0.392. The van der Waals surface area contributed by atoms with Crippen molar-refractivity contribution >= 4 is 5.97 Å². The molecule has 5 nitrogen and oxygen atoms in total. The van der Waals surface area contributed by atoms with Gasteiger partial charge in [0, 0.05) is 16.8 Å². The highest BCUT2D eigenvalue weighted by Crippen LogP contribution is 2.18. The number of aryl methyl sites for hydroxylation is 2. The minimum absolute atomic E-state index is 0.106. The van der Waals surface area contributed by atoms with Gasteiger partial charge in [-0.25, -0.2) is 9.37 Å². The number of hydrogen-bond donors (Lipinski definition) is 2. The molecule has 1 heterocycles. The molecule has 104 valence electrons. The molecule has 0 atom stereocenters. The monoisotopic (exact) mass is 276 g/mol. The number of hydrogen-bond acceptors (Lipinski definition) is 3. The third-order valence-electron chi connectivity index (χ3n) is 2.87. The van der Waals surface area contributed by atoms with Gasteiger partial charge in [0.1, 0.15) is 11.6 Å². The normalized spacial score (nSPS) is 10.6. The van der Waals surface area contributed by atoms with Crippen LogP contribution in [0.5, 0.6) is 0 Å². The molecule has 6 heteroatoms. The molecule has 0 aliphatic heterocycles. The van der Waals surface area contributed by atoms with E-state index in [0.717, 1.165) is 0 Å². The second kappa shape index (κ2) is 5.24. The van der Waals surface area contributed by atoms with Crippen LogP contribution in [0.15, 0.2) is 23.0 Å². The van der Waals surface area contributed by atoms with Crippen LogP contribution in [0.1, 0.15) is 16.8 Å². The molecule has 1 aromatic heterocycles. The summed E-state index contributed by atoms with van der Waals surface area (Å²) in [6.45, 7) is 3.29. The summed E-state index contributed by atoms with van der Waals surface area (Å²) in [5.41, 5.74) is 1.07. The molecular weight excluding hydrogens is 263 g/mol. The largest absolute Gasteiger partial charge is 0.481 e. The van der Waals surface area contributed by atoms with E-state index >= 15 is 0 Å². The number of carboxylic acids is 1. The van der Waals surface area contributed by atoms with E-state index in [4.69, 9.17) is 5.11 Å². The molecule has 0 amide bonds. The minimum atomic E-state index is -1.10. The average Bonchev–Trinajstić information content (AvgIpc) is 2.32. The van der Waals surface area contributed by atoms with Gasteiger partial charge in [-0.1, -0.05) is 0 Å². The highest BCUT2D eigenvalue weighted by molar-refractivity contribution is 5.70. The van der Waals surface area contributed by atoms with Crippen LogP contribution in [-0.2, 0) is 11.2 Å². The van der Waals surface area contributed by atoms with Crippen molar-refractivity contribution in [1.82, 2.24) is 9.97 Å². The minimum Gasteiger partial charge on any atom is -0.481 e. The average molecular weight is 276 g/mol. The van der Waals surface area contributed by atoms with Crippen LogP contribution in [0.25, 0.3) is 11.4 Å². The molecule has 2 N–H and O–H groups in total. The summed E-state index contributed by atoms with van der Waals surface area (Å²) in [6, 6.07) is 4.33. The molecule has 0 saturated heterocycles. The Hall–Kier alpha value is -2.50. The number of aromatic amines is 1. The Morgan fingerprint density at radius 3 is 2.60 bits per heavy atom. The molecule has 0 aliphatic rings. The van der Waals surface area contributed by atoms with Crippen molar-refractivity contribution in [3.8, 4) is 11.4 Å². The van der Waals surface area contributed by atoms with E-state index in [1.165, 1.54) is 12.1 Å². The van der Waals surface area contributed by atoms with E-state index in [0.29, 0.717) is 16.8 Å². The first-order chi connectivity index (χ1) is 9.36. The lowest BCUT2D eigenvalue weighted by Crippen LogP contribution is -2.20. The van der Waals surface area contributed by atoms with Crippen molar-refractivity contribution in [3.63, 3.8) is 0 Å². The molecule has 0 radical (unpaired) electrons. The number of nitrogens with one attached hydrogen (secondary N) is 1. The summed E-state index contributed by atoms with van der Waals surface area (Å²) in [5, 5.41) is 8.74. The van der Waals surface area contributed by atoms with E-state index in [1.807, 2.05) is 0 Å². The molecule has 0 spiro atoms. The number of H-pyrrole nitrogens is 1. The van der Waals surface area contributed by atoms with E-state index in [9.17, 15) is 14.0 Å². The van der Waals surface area contributed by atoms with Crippen molar-refractivity contribution in [2.24, 2.45) is 0 Å². The van der Waals surface area contributed by atoms with Gasteiger partial charge in [-0.05, 0) is 37.6 Å². The van der Waals surface area contributed by atoms with E-state index in [2.05, 4.69) is 9.97 Å². The second-order valence-corrected chi connectivity index (χ2v) is 4.57. The molecule has 0 unspecified atom stereocenters. The lowest BCUT2D eigenvalue weighted by molar-refractivity contribution is -0.136. The first kappa shape index (κ1) is 13.9. The molecule has 1 aromatic carbocycles. The fourth-order valence-electron chi connectivity index (χ4n) is 1.98. The lowest BCUT2D eigenvalue weighted by atomic mass is 10.1. The third kappa shape index (κ3) is 2.90. The lowest BCUT2D eigenvalue weighted by Gasteiger charge is -2.07. The van der Waals surface area contributed by atoms with Crippen molar-refractivity contribution in [3.05, 3.63) is 51.2 Å². The Morgan fingerprint density at radius 1 is 1.35 bits per heavy atom. The Bertz CT molecular complexity index is 717. The molecule has 0 fully saturated rings. The van der Waals surface area contributed by atoms with E-state index in [1.54, 1.807) is 19.9 Å². The van der Waals surface area contributed by atoms with Crippen LogP contribution in [0.3, 0.4) is 0 Å². The SMILES string of the molecule is Cc1cc(F)cc(-c2nc(C)c(CC(=O)O)c(=O)[nH]2)c1. The first-order valence-corrected chi connectivity index (χ1v) is 5.96. The number of aromatic nitrogens is 2. The van der Waals surface area contributed by atoms with Crippen LogP contribution in [-0.4, -0.2) is 21.0 Å². The van der Waals surface area contributed by atoms with Crippen molar-refractivity contribution in [2.45, 2.75) is 20.3 Å². The predicted molar refractivity (Wildman–Crippen MR) is 71.1 cm³/mol. The van der Waals surface area contributed by atoms with Gasteiger partial charge >= 0.3 is 5.97 Å². The maximum atomic E-state index is 13.4. The molecule has 0 bridgehead atoms. The van der Waals surface area contributed by atoms with Crippen LogP contribution in [0, 0.1) is 19.7 Å². The molecule has 0 aliphatic carbocycles. The van der Waals surface area contributed by atoms with E-state index < -0.39 is 23.8 Å². The predicted octanol–water partition coefficient (Wildman–Crippen LogP) is 1.82. The smallest absolute Gasteiger partial charge is 0.308 e. The summed E-state index contributed by atoms with van der Waals surface area (Å²) in [5.74, 6) is -1.30. The number of aliphatic carboxylic acids is 1. The Balaban J connectivity index is 2.54. The van der Waals surface area contributed by atoms with Gasteiger partial charge in [0.2, 0.25) is 0 Å². The number of halogens is 1. The summed E-state index contributed by atoms with van der Waals surface area (Å²) < 4.78 is 13.4. The third-order valence-corrected chi connectivity index (χ3v) is 2.87. The van der Waals surface area contributed by atoms with Gasteiger partial charge in [-0.2, -0.15) is 0 Å². The summed E-state index contributed by atoms with van der Waals surface area (Å²) in [4.78, 5) is 29.2.